The Hall–Kier alpha value is -1.69. The molecule has 1 heterocycles. The fourth-order valence-corrected chi connectivity index (χ4v) is 3.43. The maximum absolute atomic E-state index is 13.9. The van der Waals surface area contributed by atoms with Crippen LogP contribution in [0.25, 0.3) is 10.9 Å². The zero-order chi connectivity index (χ0) is 13.3. The molecule has 0 unspecified atom stereocenters. The molecule has 0 atom stereocenters. The summed E-state index contributed by atoms with van der Waals surface area (Å²) in [6.45, 7) is 1.72. The highest BCUT2D eigenvalue weighted by molar-refractivity contribution is 7.91. The van der Waals surface area contributed by atoms with Crippen LogP contribution in [0.15, 0.2) is 29.3 Å². The standard InChI is InChI=1S/C12H13FN2O2S/c1-2-6-18(16,17)12-9(13)7-10(14)8-4-3-5-15-11(8)12/h3-5,7H,2,6,14H2,1H3. The van der Waals surface area contributed by atoms with Gasteiger partial charge in [-0.15, -0.1) is 0 Å². The third-order valence-electron chi connectivity index (χ3n) is 2.62. The summed E-state index contributed by atoms with van der Waals surface area (Å²) in [5, 5.41) is 0.452. The first-order chi connectivity index (χ1) is 8.47. The summed E-state index contributed by atoms with van der Waals surface area (Å²) in [4.78, 5) is 3.60. The molecule has 0 aliphatic rings. The number of nitrogens with zero attached hydrogens (tertiary/aromatic N) is 1. The van der Waals surface area contributed by atoms with E-state index in [0.717, 1.165) is 6.07 Å². The predicted octanol–water partition coefficient (Wildman–Crippen LogP) is 2.14. The zero-order valence-corrected chi connectivity index (χ0v) is 10.7. The van der Waals surface area contributed by atoms with E-state index in [1.807, 2.05) is 0 Å². The summed E-state index contributed by atoms with van der Waals surface area (Å²) >= 11 is 0. The quantitative estimate of drug-likeness (QED) is 0.865. The number of hydrogen-bond acceptors (Lipinski definition) is 4. The number of fused-ring (bicyclic) bond motifs is 1. The van der Waals surface area contributed by atoms with Gasteiger partial charge in [0.15, 0.2) is 9.84 Å². The summed E-state index contributed by atoms with van der Waals surface area (Å²) in [7, 11) is -3.68. The van der Waals surface area contributed by atoms with Crippen molar-refractivity contribution in [3.8, 4) is 0 Å². The molecule has 0 amide bonds. The van der Waals surface area contributed by atoms with Crippen LogP contribution in [0.4, 0.5) is 10.1 Å². The van der Waals surface area contributed by atoms with Crippen molar-refractivity contribution in [1.82, 2.24) is 4.98 Å². The van der Waals surface area contributed by atoms with Crippen LogP contribution in [0, 0.1) is 5.82 Å². The van der Waals surface area contributed by atoms with E-state index in [0.29, 0.717) is 11.8 Å². The number of pyridine rings is 1. The van der Waals surface area contributed by atoms with Crippen LogP contribution in [-0.4, -0.2) is 19.2 Å². The number of nitrogen functional groups attached to an aromatic ring is 1. The van der Waals surface area contributed by atoms with Gasteiger partial charge in [0.1, 0.15) is 10.7 Å². The molecule has 6 heteroatoms. The molecule has 96 valence electrons. The van der Waals surface area contributed by atoms with E-state index in [9.17, 15) is 12.8 Å². The van der Waals surface area contributed by atoms with E-state index in [2.05, 4.69) is 4.98 Å². The second-order valence-electron chi connectivity index (χ2n) is 4.00. The number of benzene rings is 1. The van der Waals surface area contributed by atoms with Gasteiger partial charge in [0.25, 0.3) is 0 Å². The van der Waals surface area contributed by atoms with Crippen molar-refractivity contribution in [1.29, 1.82) is 0 Å². The van der Waals surface area contributed by atoms with Gasteiger partial charge < -0.3 is 5.73 Å². The van der Waals surface area contributed by atoms with Gasteiger partial charge in [-0.3, -0.25) is 4.98 Å². The molecule has 0 saturated heterocycles. The Morgan fingerprint density at radius 3 is 2.83 bits per heavy atom. The summed E-state index contributed by atoms with van der Waals surface area (Å²) in [6, 6.07) is 4.29. The van der Waals surface area contributed by atoms with E-state index in [-0.39, 0.29) is 21.9 Å². The van der Waals surface area contributed by atoms with Gasteiger partial charge >= 0.3 is 0 Å². The summed E-state index contributed by atoms with van der Waals surface area (Å²) in [5.41, 5.74) is 5.95. The molecule has 0 bridgehead atoms. The van der Waals surface area contributed by atoms with Crippen LogP contribution in [0.2, 0.25) is 0 Å². The third-order valence-corrected chi connectivity index (χ3v) is 4.57. The Morgan fingerprint density at radius 1 is 1.44 bits per heavy atom. The van der Waals surface area contributed by atoms with Gasteiger partial charge in [-0.05, 0) is 24.6 Å². The van der Waals surface area contributed by atoms with Crippen LogP contribution in [0.3, 0.4) is 0 Å². The monoisotopic (exact) mass is 268 g/mol. The highest BCUT2D eigenvalue weighted by Crippen LogP contribution is 2.29. The summed E-state index contributed by atoms with van der Waals surface area (Å²) in [6.07, 6.45) is 1.84. The van der Waals surface area contributed by atoms with Crippen LogP contribution in [0.1, 0.15) is 13.3 Å². The molecule has 0 radical (unpaired) electrons. The fourth-order valence-electron chi connectivity index (χ4n) is 1.88. The minimum Gasteiger partial charge on any atom is -0.398 e. The molecule has 18 heavy (non-hydrogen) atoms. The van der Waals surface area contributed by atoms with E-state index in [1.54, 1.807) is 19.1 Å². The van der Waals surface area contributed by atoms with E-state index in [4.69, 9.17) is 5.73 Å². The van der Waals surface area contributed by atoms with Crippen molar-refractivity contribution in [2.24, 2.45) is 0 Å². The number of sulfone groups is 1. The molecule has 4 nitrogen and oxygen atoms in total. The van der Waals surface area contributed by atoms with Crippen molar-refractivity contribution in [2.75, 3.05) is 11.5 Å². The molecule has 2 N–H and O–H groups in total. The maximum atomic E-state index is 13.9. The number of nitrogens with two attached hydrogens (primary N) is 1. The average Bonchev–Trinajstić information content (AvgIpc) is 2.28. The zero-order valence-electron chi connectivity index (χ0n) is 9.85. The normalized spacial score (nSPS) is 11.9. The van der Waals surface area contributed by atoms with Gasteiger partial charge in [-0.1, -0.05) is 6.92 Å². The second kappa shape index (κ2) is 4.53. The molecule has 1 aromatic heterocycles. The Labute approximate surface area is 105 Å². The van der Waals surface area contributed by atoms with Crippen molar-refractivity contribution in [2.45, 2.75) is 18.2 Å². The second-order valence-corrected chi connectivity index (χ2v) is 6.04. The van der Waals surface area contributed by atoms with Gasteiger partial charge in [0.05, 0.1) is 11.3 Å². The highest BCUT2D eigenvalue weighted by Gasteiger charge is 2.23. The van der Waals surface area contributed by atoms with Crippen LogP contribution in [-0.2, 0) is 9.84 Å². The fraction of sp³-hybridized carbons (Fsp3) is 0.250. The van der Waals surface area contributed by atoms with Gasteiger partial charge in [0.2, 0.25) is 0 Å². The lowest BCUT2D eigenvalue weighted by atomic mass is 10.2. The first-order valence-electron chi connectivity index (χ1n) is 5.53. The first-order valence-corrected chi connectivity index (χ1v) is 7.18. The molecule has 0 saturated carbocycles. The smallest absolute Gasteiger partial charge is 0.183 e. The molecular weight excluding hydrogens is 255 g/mol. The summed E-state index contributed by atoms with van der Waals surface area (Å²) in [5.74, 6) is -0.952. The highest BCUT2D eigenvalue weighted by atomic mass is 32.2. The molecule has 0 fully saturated rings. The van der Waals surface area contributed by atoms with E-state index in [1.165, 1.54) is 6.20 Å². The minimum atomic E-state index is -3.68. The van der Waals surface area contributed by atoms with Gasteiger partial charge in [-0.25, -0.2) is 12.8 Å². The molecule has 1 aromatic carbocycles. The predicted molar refractivity (Wildman–Crippen MR) is 68.5 cm³/mol. The molecule has 2 aromatic rings. The Balaban J connectivity index is 2.87. The number of halogens is 1. The SMILES string of the molecule is CCCS(=O)(=O)c1c(F)cc(N)c2cccnc12. The number of hydrogen-bond donors (Lipinski definition) is 1. The lowest BCUT2D eigenvalue weighted by molar-refractivity contribution is 0.569. The summed E-state index contributed by atoms with van der Waals surface area (Å²) < 4.78 is 38.0. The maximum Gasteiger partial charge on any atom is 0.183 e. The lowest BCUT2D eigenvalue weighted by Crippen LogP contribution is -2.10. The molecular formula is C12H13FN2O2S. The third kappa shape index (κ3) is 2.03. The molecule has 0 spiro atoms. The minimum absolute atomic E-state index is 0.100. The largest absolute Gasteiger partial charge is 0.398 e. The van der Waals surface area contributed by atoms with Crippen molar-refractivity contribution < 1.29 is 12.8 Å². The Bertz CT molecular complexity index is 699. The van der Waals surface area contributed by atoms with Crippen molar-refractivity contribution in [3.05, 3.63) is 30.2 Å². The van der Waals surface area contributed by atoms with Crippen molar-refractivity contribution in [3.63, 3.8) is 0 Å². The van der Waals surface area contributed by atoms with Gasteiger partial charge in [-0.2, -0.15) is 0 Å². The Morgan fingerprint density at radius 2 is 2.17 bits per heavy atom. The lowest BCUT2D eigenvalue weighted by Gasteiger charge is -2.09. The van der Waals surface area contributed by atoms with Crippen LogP contribution >= 0.6 is 0 Å². The molecule has 0 aliphatic heterocycles. The van der Waals surface area contributed by atoms with Gasteiger partial charge in [0, 0.05) is 17.3 Å². The van der Waals surface area contributed by atoms with Crippen LogP contribution < -0.4 is 5.73 Å². The molecule has 0 aliphatic carbocycles. The van der Waals surface area contributed by atoms with E-state index < -0.39 is 15.7 Å². The molecule has 2 rings (SSSR count). The Kier molecular flexibility index (Phi) is 3.21. The number of rotatable bonds is 3. The average molecular weight is 268 g/mol. The van der Waals surface area contributed by atoms with E-state index >= 15 is 0 Å². The topological polar surface area (TPSA) is 73.0 Å². The number of aromatic nitrogens is 1. The number of anilines is 1. The van der Waals surface area contributed by atoms with Crippen LogP contribution in [0.5, 0.6) is 0 Å². The first kappa shape index (κ1) is 12.8. The van der Waals surface area contributed by atoms with Crippen molar-refractivity contribution >= 4 is 26.4 Å².